The Morgan fingerprint density at radius 3 is 2.28 bits per heavy atom. The van der Waals surface area contributed by atoms with Gasteiger partial charge in [0.25, 0.3) is 10.0 Å². The Morgan fingerprint density at radius 2 is 1.65 bits per heavy atom. The number of para-hydroxylation sites is 2. The average molecular weight is 649 g/mol. The van der Waals surface area contributed by atoms with Gasteiger partial charge in [0.2, 0.25) is 11.8 Å². The summed E-state index contributed by atoms with van der Waals surface area (Å²) in [5.74, 6) is -0.200. The number of carbonyl (C=O) groups excluding carboxylic acids is 2. The van der Waals surface area contributed by atoms with Crippen LogP contribution in [-0.4, -0.2) is 58.0 Å². The Balaban J connectivity index is 1.73. The van der Waals surface area contributed by atoms with Gasteiger partial charge in [0.05, 0.1) is 24.8 Å². The summed E-state index contributed by atoms with van der Waals surface area (Å²) >= 11 is 12.6. The van der Waals surface area contributed by atoms with Crippen LogP contribution in [0.2, 0.25) is 10.0 Å². The lowest BCUT2D eigenvalue weighted by Crippen LogP contribution is -2.52. The highest BCUT2D eigenvalue weighted by atomic mass is 35.5. The van der Waals surface area contributed by atoms with Crippen molar-refractivity contribution >= 4 is 50.7 Å². The molecular formula is C31H35Cl2N3O6S. The Morgan fingerprint density at radius 1 is 0.977 bits per heavy atom. The molecule has 12 heteroatoms. The minimum absolute atomic E-state index is 0.0338. The largest absolute Gasteiger partial charge is 0.497 e. The van der Waals surface area contributed by atoms with E-state index in [1.165, 1.54) is 43.4 Å². The first-order chi connectivity index (χ1) is 20.5. The van der Waals surface area contributed by atoms with Crippen LogP contribution < -0.4 is 19.1 Å². The molecule has 0 saturated heterocycles. The number of anilines is 1. The third kappa shape index (κ3) is 7.74. The summed E-state index contributed by atoms with van der Waals surface area (Å²) in [6.45, 7) is 0.967. The van der Waals surface area contributed by atoms with Crippen LogP contribution in [0.1, 0.15) is 38.2 Å². The van der Waals surface area contributed by atoms with Crippen LogP contribution in [0.3, 0.4) is 0 Å². The molecule has 0 aromatic heterocycles. The molecule has 1 unspecified atom stereocenters. The molecule has 1 N–H and O–H groups in total. The summed E-state index contributed by atoms with van der Waals surface area (Å²) in [4.78, 5) is 28.9. The van der Waals surface area contributed by atoms with Crippen molar-refractivity contribution in [1.29, 1.82) is 0 Å². The number of hydrogen-bond donors (Lipinski definition) is 1. The van der Waals surface area contributed by atoms with Crippen molar-refractivity contribution < 1.29 is 27.5 Å². The lowest BCUT2D eigenvalue weighted by molar-refractivity contribution is -0.139. The third-order valence-corrected chi connectivity index (χ3v) is 9.87. The fraction of sp³-hybridized carbons (Fsp3) is 0.355. The number of sulfonamides is 1. The van der Waals surface area contributed by atoms with Crippen LogP contribution in [0, 0.1) is 0 Å². The number of benzene rings is 3. The van der Waals surface area contributed by atoms with E-state index in [2.05, 4.69) is 5.32 Å². The van der Waals surface area contributed by atoms with E-state index in [9.17, 15) is 18.0 Å². The molecule has 1 fully saturated rings. The van der Waals surface area contributed by atoms with E-state index in [1.54, 1.807) is 49.4 Å². The Hall–Kier alpha value is -3.47. The summed E-state index contributed by atoms with van der Waals surface area (Å²) in [6.07, 6.45) is 3.80. The lowest BCUT2D eigenvalue weighted by atomic mass is 10.1. The van der Waals surface area contributed by atoms with Crippen LogP contribution in [-0.2, 0) is 26.2 Å². The van der Waals surface area contributed by atoms with Gasteiger partial charge in [0.1, 0.15) is 24.1 Å². The Kier molecular flexibility index (Phi) is 10.8. The summed E-state index contributed by atoms with van der Waals surface area (Å²) in [6, 6.07) is 16.4. The maximum atomic E-state index is 14.2. The van der Waals surface area contributed by atoms with E-state index < -0.39 is 28.5 Å². The molecule has 1 aliphatic rings. The van der Waals surface area contributed by atoms with Crippen molar-refractivity contribution in [3.05, 3.63) is 82.3 Å². The average Bonchev–Trinajstić information content (AvgIpc) is 3.52. The zero-order chi connectivity index (χ0) is 31.1. The number of carbonyl (C=O) groups is 2. The summed E-state index contributed by atoms with van der Waals surface area (Å²) in [5, 5.41) is 3.79. The summed E-state index contributed by atoms with van der Waals surface area (Å²) < 4.78 is 39.8. The maximum absolute atomic E-state index is 14.2. The maximum Gasteiger partial charge on any atom is 0.264 e. The fourth-order valence-corrected chi connectivity index (χ4v) is 6.92. The summed E-state index contributed by atoms with van der Waals surface area (Å²) in [5.41, 5.74) is 0.725. The molecule has 1 atom stereocenters. The molecule has 1 saturated carbocycles. The van der Waals surface area contributed by atoms with Gasteiger partial charge in [-0.25, -0.2) is 8.42 Å². The van der Waals surface area contributed by atoms with Gasteiger partial charge < -0.3 is 19.7 Å². The number of amides is 2. The van der Waals surface area contributed by atoms with Crippen molar-refractivity contribution in [2.45, 2.75) is 56.1 Å². The van der Waals surface area contributed by atoms with Crippen LogP contribution in [0.5, 0.6) is 11.5 Å². The highest BCUT2D eigenvalue weighted by Gasteiger charge is 2.34. The van der Waals surface area contributed by atoms with Gasteiger partial charge in [0, 0.05) is 22.6 Å². The summed E-state index contributed by atoms with van der Waals surface area (Å²) in [7, 11) is -1.38. The zero-order valence-corrected chi connectivity index (χ0v) is 26.6. The van der Waals surface area contributed by atoms with Crippen molar-refractivity contribution in [1.82, 2.24) is 10.2 Å². The predicted molar refractivity (Wildman–Crippen MR) is 167 cm³/mol. The topological polar surface area (TPSA) is 105 Å². The van der Waals surface area contributed by atoms with E-state index in [4.69, 9.17) is 32.7 Å². The van der Waals surface area contributed by atoms with Gasteiger partial charge in [-0.2, -0.15) is 0 Å². The van der Waals surface area contributed by atoms with Crippen molar-refractivity contribution in [2.75, 3.05) is 25.1 Å². The van der Waals surface area contributed by atoms with E-state index in [0.717, 1.165) is 30.0 Å². The van der Waals surface area contributed by atoms with Gasteiger partial charge >= 0.3 is 0 Å². The number of nitrogens with one attached hydrogen (secondary N) is 1. The predicted octanol–water partition coefficient (Wildman–Crippen LogP) is 5.68. The number of hydrogen-bond acceptors (Lipinski definition) is 6. The second kappa shape index (κ2) is 14.3. The molecule has 1 aliphatic carbocycles. The number of ether oxygens (including phenoxy) is 2. The zero-order valence-electron chi connectivity index (χ0n) is 24.3. The van der Waals surface area contributed by atoms with Crippen LogP contribution in [0.15, 0.2) is 71.6 Å². The number of halogens is 2. The molecular weight excluding hydrogens is 613 g/mol. The fourth-order valence-electron chi connectivity index (χ4n) is 5.03. The van der Waals surface area contributed by atoms with Gasteiger partial charge in [-0.15, -0.1) is 0 Å². The quantitative estimate of drug-likeness (QED) is 0.271. The number of nitrogens with zero attached hydrogens (tertiary/aromatic N) is 2. The normalized spacial score (nSPS) is 14.2. The monoisotopic (exact) mass is 647 g/mol. The highest BCUT2D eigenvalue weighted by Crippen LogP contribution is 2.33. The molecule has 0 heterocycles. The minimum atomic E-state index is -4.29. The molecule has 9 nitrogen and oxygen atoms in total. The van der Waals surface area contributed by atoms with E-state index in [0.29, 0.717) is 21.4 Å². The molecule has 0 bridgehead atoms. The highest BCUT2D eigenvalue weighted by molar-refractivity contribution is 7.92. The van der Waals surface area contributed by atoms with Crippen molar-refractivity contribution in [3.8, 4) is 11.5 Å². The Bertz CT molecular complexity index is 1550. The van der Waals surface area contributed by atoms with E-state index >= 15 is 0 Å². The van der Waals surface area contributed by atoms with E-state index in [-0.39, 0.29) is 34.8 Å². The second-order valence-electron chi connectivity index (χ2n) is 10.3. The van der Waals surface area contributed by atoms with Gasteiger partial charge in [-0.05, 0) is 73.9 Å². The molecule has 43 heavy (non-hydrogen) atoms. The smallest absolute Gasteiger partial charge is 0.264 e. The molecule has 4 rings (SSSR count). The first-order valence-electron chi connectivity index (χ1n) is 13.9. The molecule has 0 aliphatic heterocycles. The van der Waals surface area contributed by atoms with Gasteiger partial charge in [-0.1, -0.05) is 54.2 Å². The minimum Gasteiger partial charge on any atom is -0.497 e. The number of rotatable bonds is 12. The number of methoxy groups -OCH3 is 2. The second-order valence-corrected chi connectivity index (χ2v) is 13.0. The van der Waals surface area contributed by atoms with Crippen LogP contribution in [0.25, 0.3) is 0 Å². The van der Waals surface area contributed by atoms with Crippen molar-refractivity contribution in [2.24, 2.45) is 0 Å². The molecule has 2 amide bonds. The molecule has 230 valence electrons. The van der Waals surface area contributed by atoms with Crippen LogP contribution >= 0.6 is 23.2 Å². The Labute approximate surface area is 262 Å². The molecule has 3 aromatic rings. The standard InChI is InChI=1S/C31H35Cl2N3O6S/c1-21(31(38)34-24-8-4-5-9-24)35(19-22-12-13-23(32)18-27(22)33)30(37)20-36(28-10-6-7-11-29(28)42-3)43(39,40)26-16-14-25(41-2)15-17-26/h6-7,10-18,21,24H,4-5,8-9,19-20H2,1-3H3,(H,34,38). The first kappa shape index (κ1) is 32.4. The van der Waals surface area contributed by atoms with E-state index in [1.807, 2.05) is 0 Å². The van der Waals surface area contributed by atoms with Gasteiger partial charge in [0.15, 0.2) is 0 Å². The molecule has 3 aromatic carbocycles. The SMILES string of the molecule is COc1ccc(S(=O)(=O)N(CC(=O)N(Cc2ccc(Cl)cc2Cl)C(C)C(=O)NC2CCCC2)c2ccccc2OC)cc1. The van der Waals surface area contributed by atoms with Crippen LogP contribution in [0.4, 0.5) is 5.69 Å². The third-order valence-electron chi connectivity index (χ3n) is 7.50. The molecule has 0 radical (unpaired) electrons. The molecule has 0 spiro atoms. The van der Waals surface area contributed by atoms with Crippen molar-refractivity contribution in [3.63, 3.8) is 0 Å². The van der Waals surface area contributed by atoms with Gasteiger partial charge in [-0.3, -0.25) is 13.9 Å². The first-order valence-corrected chi connectivity index (χ1v) is 16.1. The lowest BCUT2D eigenvalue weighted by Gasteiger charge is -2.33.